The lowest BCUT2D eigenvalue weighted by Gasteiger charge is -2.48. The van der Waals surface area contributed by atoms with Crippen molar-refractivity contribution < 1.29 is 28.8 Å². The first-order valence-corrected chi connectivity index (χ1v) is 20.8. The van der Waals surface area contributed by atoms with Gasteiger partial charge in [-0.1, -0.05) is 30.3 Å². The minimum Gasteiger partial charge on any atom is -0.364 e. The Balaban J connectivity index is 0.761. The first-order chi connectivity index (χ1) is 28.5. The van der Waals surface area contributed by atoms with Gasteiger partial charge in [0.05, 0.1) is 29.1 Å². The number of hydrogen-bond donors (Lipinski definition) is 2. The van der Waals surface area contributed by atoms with Gasteiger partial charge in [0.25, 0.3) is 17.7 Å². The Morgan fingerprint density at radius 1 is 0.831 bits per heavy atom. The zero-order valence-electron chi connectivity index (χ0n) is 33.3. The third-order valence-electron chi connectivity index (χ3n) is 13.2. The summed E-state index contributed by atoms with van der Waals surface area (Å²) in [6.07, 6.45) is 6.31. The fourth-order valence-electron chi connectivity index (χ4n) is 9.80. The van der Waals surface area contributed by atoms with E-state index in [0.717, 1.165) is 87.5 Å². The van der Waals surface area contributed by atoms with Crippen molar-refractivity contribution in [1.29, 1.82) is 0 Å². The highest BCUT2D eigenvalue weighted by molar-refractivity contribution is 6.23. The number of anilines is 1. The van der Waals surface area contributed by atoms with Crippen molar-refractivity contribution in [3.05, 3.63) is 87.9 Å². The van der Waals surface area contributed by atoms with E-state index in [1.54, 1.807) is 23.2 Å². The number of carbonyl (C=O) groups is 6. The zero-order chi connectivity index (χ0) is 40.9. The molecule has 2 aromatic carbocycles. The molecular formula is C43H50N10O6. The quantitative estimate of drug-likeness (QED) is 0.286. The number of urea groups is 1. The maximum Gasteiger partial charge on any atom is 0.320 e. The van der Waals surface area contributed by atoms with Crippen LogP contribution >= 0.6 is 0 Å². The molecule has 2 atom stereocenters. The van der Waals surface area contributed by atoms with E-state index < -0.39 is 35.6 Å². The normalized spacial score (nSPS) is 23.6. The summed E-state index contributed by atoms with van der Waals surface area (Å²) in [5, 5.41) is 2.24. The predicted octanol–water partition coefficient (Wildman–Crippen LogP) is 1.97. The standard InChI is InChI=1S/C43H50N10O6/c1-48-17-18-52(43(48)59)30-3-2-14-51(25-30)36-21-45-38(39(44)55)34(46-36)20-26-4-7-28(8-5-26)29-12-15-50(16-13-29)31-23-49(24-31)22-27-6-9-32-33(19-27)42(58)53(41(32)57)35-10-11-37(54)47-40(35)56/h4-9,19,21,29-31,35H,2-3,10-18,20,22-25H2,1H3,(H2,44,55)(H,47,54,56)/t30-,35?/m1/s1. The SMILES string of the molecule is CN1CCN([C@@H]2CCCN(c3cnc(C(N)=O)c(Cc4ccc(C5CCN(C6CN(Cc7ccc8c(c7)C(=O)N(C7CCC(=O)NC7=O)C8=O)C6)CC5)cc4)n3)C2)C1=O. The van der Waals surface area contributed by atoms with Gasteiger partial charge >= 0.3 is 6.03 Å². The minimum absolute atomic E-state index is 0.0715. The molecule has 59 heavy (non-hydrogen) atoms. The number of nitrogens with two attached hydrogens (primary N) is 1. The lowest BCUT2D eigenvalue weighted by atomic mass is 9.87. The summed E-state index contributed by atoms with van der Waals surface area (Å²) < 4.78 is 0. The molecule has 9 rings (SSSR count). The van der Waals surface area contributed by atoms with Crippen molar-refractivity contribution in [1.82, 2.24) is 39.8 Å². The van der Waals surface area contributed by atoms with Crippen LogP contribution in [0, 0.1) is 0 Å². The van der Waals surface area contributed by atoms with Gasteiger partial charge in [0.2, 0.25) is 11.8 Å². The van der Waals surface area contributed by atoms with Gasteiger partial charge in [-0.15, -0.1) is 0 Å². The summed E-state index contributed by atoms with van der Waals surface area (Å²) >= 11 is 0. The van der Waals surface area contributed by atoms with Crippen molar-refractivity contribution in [3.63, 3.8) is 0 Å². The van der Waals surface area contributed by atoms with Crippen LogP contribution in [0.2, 0.25) is 0 Å². The number of likely N-dealkylation sites (tertiary alicyclic amines) is 2. The molecule has 5 saturated heterocycles. The van der Waals surface area contributed by atoms with Crippen molar-refractivity contribution in [2.45, 2.75) is 75.5 Å². The van der Waals surface area contributed by atoms with Crippen LogP contribution in [0.25, 0.3) is 0 Å². The van der Waals surface area contributed by atoms with E-state index in [-0.39, 0.29) is 30.6 Å². The molecule has 3 N–H and O–H groups in total. The van der Waals surface area contributed by atoms with Crippen LogP contribution in [0.4, 0.5) is 10.6 Å². The van der Waals surface area contributed by atoms with Gasteiger partial charge in [-0.25, -0.2) is 14.8 Å². The summed E-state index contributed by atoms with van der Waals surface area (Å²) in [5.41, 5.74) is 10.4. The summed E-state index contributed by atoms with van der Waals surface area (Å²) in [5.74, 6) is -1.41. The number of piperidine rings is 3. The monoisotopic (exact) mass is 802 g/mol. The molecular weight excluding hydrogens is 753 g/mol. The number of rotatable bonds is 10. The molecule has 6 aliphatic rings. The van der Waals surface area contributed by atoms with Gasteiger partial charge in [-0.2, -0.15) is 0 Å². The predicted molar refractivity (Wildman–Crippen MR) is 215 cm³/mol. The number of benzene rings is 2. The highest BCUT2D eigenvalue weighted by Crippen LogP contribution is 2.33. The van der Waals surface area contributed by atoms with Crippen molar-refractivity contribution in [2.24, 2.45) is 5.73 Å². The second kappa shape index (κ2) is 15.8. The molecule has 7 amide bonds. The van der Waals surface area contributed by atoms with Crippen LogP contribution in [0.1, 0.15) is 98.0 Å². The molecule has 0 radical (unpaired) electrons. The molecule has 16 heteroatoms. The van der Waals surface area contributed by atoms with E-state index in [2.05, 4.69) is 49.3 Å². The Kier molecular flexibility index (Phi) is 10.4. The lowest BCUT2D eigenvalue weighted by molar-refractivity contribution is -0.136. The van der Waals surface area contributed by atoms with Crippen LogP contribution in [-0.2, 0) is 22.6 Å². The number of primary amides is 1. The number of aromatic nitrogens is 2. The molecule has 0 bridgehead atoms. The topological polar surface area (TPSA) is 186 Å². The molecule has 16 nitrogen and oxygen atoms in total. The Bertz CT molecular complexity index is 2200. The lowest BCUT2D eigenvalue weighted by Crippen LogP contribution is -2.60. The molecule has 0 saturated carbocycles. The maximum absolute atomic E-state index is 13.3. The fraction of sp³-hybridized carbons (Fsp3) is 0.488. The minimum atomic E-state index is -0.970. The molecule has 0 aliphatic carbocycles. The van der Waals surface area contributed by atoms with Gasteiger partial charge in [0, 0.05) is 71.7 Å². The van der Waals surface area contributed by atoms with Gasteiger partial charge in [-0.3, -0.25) is 44.0 Å². The molecule has 308 valence electrons. The van der Waals surface area contributed by atoms with Gasteiger partial charge in [0.1, 0.15) is 17.6 Å². The molecule has 5 fully saturated rings. The van der Waals surface area contributed by atoms with Crippen LogP contribution in [-0.4, -0.2) is 148 Å². The number of fused-ring (bicyclic) bond motifs is 1. The van der Waals surface area contributed by atoms with Gasteiger partial charge in [-0.05, 0) is 79.9 Å². The van der Waals surface area contributed by atoms with Crippen molar-refractivity contribution in [2.75, 3.05) is 64.3 Å². The molecule has 3 aromatic rings. The zero-order valence-corrected chi connectivity index (χ0v) is 33.3. The molecule has 7 heterocycles. The number of nitrogens with zero attached hydrogens (tertiary/aromatic N) is 8. The van der Waals surface area contributed by atoms with E-state index in [4.69, 9.17) is 10.7 Å². The summed E-state index contributed by atoms with van der Waals surface area (Å²) in [7, 11) is 1.84. The van der Waals surface area contributed by atoms with E-state index in [1.807, 2.05) is 18.0 Å². The van der Waals surface area contributed by atoms with Crippen LogP contribution in [0.5, 0.6) is 0 Å². The van der Waals surface area contributed by atoms with Gasteiger partial charge in [0.15, 0.2) is 0 Å². The largest absolute Gasteiger partial charge is 0.364 e. The number of nitrogens with one attached hydrogen (secondary N) is 1. The average Bonchev–Trinajstić information content (AvgIpc) is 3.69. The third kappa shape index (κ3) is 7.55. The number of carbonyl (C=O) groups excluding carboxylic acids is 6. The summed E-state index contributed by atoms with van der Waals surface area (Å²) in [6, 6.07) is 13.6. The van der Waals surface area contributed by atoms with Crippen molar-refractivity contribution in [3.8, 4) is 0 Å². The third-order valence-corrected chi connectivity index (χ3v) is 13.2. The van der Waals surface area contributed by atoms with E-state index >= 15 is 0 Å². The van der Waals surface area contributed by atoms with Crippen LogP contribution in [0.15, 0.2) is 48.7 Å². The van der Waals surface area contributed by atoms with Gasteiger partial charge < -0.3 is 20.4 Å². The second-order valence-corrected chi connectivity index (χ2v) is 16.9. The highest BCUT2D eigenvalue weighted by atomic mass is 16.2. The van der Waals surface area contributed by atoms with Crippen LogP contribution in [0.3, 0.4) is 0 Å². The van der Waals surface area contributed by atoms with E-state index in [9.17, 15) is 28.8 Å². The van der Waals surface area contributed by atoms with Crippen molar-refractivity contribution >= 4 is 41.4 Å². The van der Waals surface area contributed by atoms with E-state index in [0.29, 0.717) is 54.1 Å². The number of hydrogen-bond acceptors (Lipinski definition) is 11. The number of imide groups is 2. The second-order valence-electron chi connectivity index (χ2n) is 16.9. The summed E-state index contributed by atoms with van der Waals surface area (Å²) in [4.78, 5) is 96.7. The Hall–Kier alpha value is -5.74. The average molecular weight is 803 g/mol. The number of likely N-dealkylation sites (N-methyl/N-ethyl adjacent to an activating group) is 1. The smallest absolute Gasteiger partial charge is 0.320 e. The number of amides is 7. The first-order valence-electron chi connectivity index (χ1n) is 20.8. The fourth-order valence-corrected chi connectivity index (χ4v) is 9.80. The van der Waals surface area contributed by atoms with E-state index in [1.165, 1.54) is 5.56 Å². The molecule has 6 aliphatic heterocycles. The molecule has 0 spiro atoms. The summed E-state index contributed by atoms with van der Waals surface area (Å²) in [6.45, 7) is 7.50. The van der Waals surface area contributed by atoms with Crippen LogP contribution < -0.4 is 16.0 Å². The Morgan fingerprint density at radius 2 is 1.58 bits per heavy atom. The molecule has 1 unspecified atom stereocenters. The Labute approximate surface area is 342 Å². The maximum atomic E-state index is 13.3. The Morgan fingerprint density at radius 3 is 2.29 bits per heavy atom. The first kappa shape index (κ1) is 38.8. The molecule has 1 aromatic heterocycles. The highest BCUT2D eigenvalue weighted by Gasteiger charge is 2.45.